The molecule has 1 aromatic heterocycles. The number of benzene rings is 1. The highest BCUT2D eigenvalue weighted by molar-refractivity contribution is 7.17. The lowest BCUT2D eigenvalue weighted by Gasteiger charge is -2.05. The van der Waals surface area contributed by atoms with Gasteiger partial charge in [-0.1, -0.05) is 0 Å². The number of hydrogen-bond acceptors (Lipinski definition) is 4. The van der Waals surface area contributed by atoms with Gasteiger partial charge in [-0.25, -0.2) is 0 Å². The van der Waals surface area contributed by atoms with Gasteiger partial charge in [-0.2, -0.15) is 0 Å². The van der Waals surface area contributed by atoms with Gasteiger partial charge >= 0.3 is 5.97 Å². The van der Waals surface area contributed by atoms with Crippen LogP contribution in [0.2, 0.25) is 0 Å². The van der Waals surface area contributed by atoms with Crippen molar-refractivity contribution in [3.8, 4) is 0 Å². The second-order valence-corrected chi connectivity index (χ2v) is 4.97. The number of anilines is 1. The Kier molecular flexibility index (Phi) is 4.52. The summed E-state index contributed by atoms with van der Waals surface area (Å²) in [6, 6.07) is 7.77. The number of fused-ring (bicyclic) bond motifs is 1. The molecule has 0 unspecified atom stereocenters. The minimum absolute atomic E-state index is 0.111. The molecule has 4 nitrogen and oxygen atoms in total. The van der Waals surface area contributed by atoms with E-state index in [9.17, 15) is 9.59 Å². The molecule has 100 valence electrons. The Hall–Kier alpha value is -1.88. The molecule has 0 bridgehead atoms. The van der Waals surface area contributed by atoms with Crippen LogP contribution in [0.15, 0.2) is 29.6 Å². The first-order valence-electron chi connectivity index (χ1n) is 6.12. The molecule has 0 fully saturated rings. The molecule has 1 aromatic carbocycles. The van der Waals surface area contributed by atoms with E-state index in [4.69, 9.17) is 4.74 Å². The lowest BCUT2D eigenvalue weighted by molar-refractivity contribution is -0.144. The van der Waals surface area contributed by atoms with Crippen molar-refractivity contribution in [3.63, 3.8) is 0 Å². The van der Waals surface area contributed by atoms with E-state index in [1.54, 1.807) is 18.3 Å². The minimum Gasteiger partial charge on any atom is -0.466 e. The van der Waals surface area contributed by atoms with Gasteiger partial charge in [0.15, 0.2) is 0 Å². The average molecular weight is 277 g/mol. The highest BCUT2D eigenvalue weighted by Gasteiger charge is 2.08. The molecule has 0 atom stereocenters. The SMILES string of the molecule is CCOC(=O)CCC(=O)Nc1ccc2sccc2c1. The number of carbonyl (C=O) groups excluding carboxylic acids is 2. The van der Waals surface area contributed by atoms with Gasteiger partial charge in [0.05, 0.1) is 13.0 Å². The third-order valence-electron chi connectivity index (χ3n) is 2.60. The van der Waals surface area contributed by atoms with E-state index >= 15 is 0 Å². The topological polar surface area (TPSA) is 55.4 Å². The van der Waals surface area contributed by atoms with Crippen molar-refractivity contribution in [2.75, 3.05) is 11.9 Å². The molecule has 2 rings (SSSR count). The van der Waals surface area contributed by atoms with E-state index in [2.05, 4.69) is 5.32 Å². The fourth-order valence-corrected chi connectivity index (χ4v) is 2.49. The average Bonchev–Trinajstić information content (AvgIpc) is 2.84. The number of ether oxygens (including phenoxy) is 1. The van der Waals surface area contributed by atoms with Crippen LogP contribution < -0.4 is 5.32 Å². The maximum Gasteiger partial charge on any atom is 0.306 e. The van der Waals surface area contributed by atoms with Crippen molar-refractivity contribution >= 4 is 39.0 Å². The van der Waals surface area contributed by atoms with Crippen LogP contribution in [0.1, 0.15) is 19.8 Å². The molecule has 0 spiro atoms. The summed E-state index contributed by atoms with van der Waals surface area (Å²) in [5.74, 6) is -0.520. The van der Waals surface area contributed by atoms with Crippen LogP contribution in [-0.4, -0.2) is 18.5 Å². The molecule has 0 aliphatic carbocycles. The molecule has 0 aliphatic heterocycles. The molecule has 19 heavy (non-hydrogen) atoms. The Morgan fingerprint density at radius 2 is 2.11 bits per heavy atom. The maximum atomic E-state index is 11.7. The van der Waals surface area contributed by atoms with Gasteiger partial charge in [0.25, 0.3) is 0 Å². The Morgan fingerprint density at radius 1 is 1.26 bits per heavy atom. The van der Waals surface area contributed by atoms with Crippen molar-refractivity contribution in [1.82, 2.24) is 0 Å². The highest BCUT2D eigenvalue weighted by atomic mass is 32.1. The fourth-order valence-electron chi connectivity index (χ4n) is 1.72. The zero-order chi connectivity index (χ0) is 13.7. The number of thiophene rings is 1. The molecule has 0 saturated carbocycles. The summed E-state index contributed by atoms with van der Waals surface area (Å²) in [5.41, 5.74) is 0.750. The summed E-state index contributed by atoms with van der Waals surface area (Å²) in [7, 11) is 0. The second kappa shape index (κ2) is 6.33. The quantitative estimate of drug-likeness (QED) is 0.854. The van der Waals surface area contributed by atoms with E-state index in [0.29, 0.717) is 6.61 Å². The second-order valence-electron chi connectivity index (χ2n) is 4.03. The molecule has 5 heteroatoms. The largest absolute Gasteiger partial charge is 0.466 e. The zero-order valence-corrected chi connectivity index (χ0v) is 11.5. The van der Waals surface area contributed by atoms with Crippen LogP contribution in [0.25, 0.3) is 10.1 Å². The Labute approximate surface area is 115 Å². The van der Waals surface area contributed by atoms with Crippen LogP contribution in [0, 0.1) is 0 Å². The van der Waals surface area contributed by atoms with Crippen molar-refractivity contribution in [2.45, 2.75) is 19.8 Å². The predicted molar refractivity (Wildman–Crippen MR) is 76.3 cm³/mol. The smallest absolute Gasteiger partial charge is 0.306 e. The molecule has 0 radical (unpaired) electrons. The molecule has 1 N–H and O–H groups in total. The number of carbonyl (C=O) groups is 2. The van der Waals surface area contributed by atoms with E-state index in [1.165, 1.54) is 4.70 Å². The van der Waals surface area contributed by atoms with Crippen LogP contribution in [0.4, 0.5) is 5.69 Å². The van der Waals surface area contributed by atoms with Crippen molar-refractivity contribution < 1.29 is 14.3 Å². The summed E-state index contributed by atoms with van der Waals surface area (Å²) in [5, 5.41) is 5.89. The van der Waals surface area contributed by atoms with Gasteiger partial charge in [-0.3, -0.25) is 9.59 Å². The first-order chi connectivity index (χ1) is 9.19. The number of hydrogen-bond donors (Lipinski definition) is 1. The molecule has 1 heterocycles. The van der Waals surface area contributed by atoms with E-state index in [1.807, 2.05) is 29.6 Å². The normalized spacial score (nSPS) is 10.4. The lowest BCUT2D eigenvalue weighted by atomic mass is 10.2. The number of amides is 1. The summed E-state index contributed by atoms with van der Waals surface area (Å²) < 4.78 is 5.96. The fraction of sp³-hybridized carbons (Fsp3) is 0.286. The van der Waals surface area contributed by atoms with E-state index < -0.39 is 0 Å². The number of esters is 1. The summed E-state index contributed by atoms with van der Waals surface area (Å²) in [6.45, 7) is 2.09. The lowest BCUT2D eigenvalue weighted by Crippen LogP contribution is -2.14. The van der Waals surface area contributed by atoms with Crippen LogP contribution >= 0.6 is 11.3 Å². The summed E-state index contributed by atoms with van der Waals surface area (Å²) >= 11 is 1.66. The Morgan fingerprint density at radius 3 is 2.89 bits per heavy atom. The van der Waals surface area contributed by atoms with Crippen molar-refractivity contribution in [1.29, 1.82) is 0 Å². The van der Waals surface area contributed by atoms with Gasteiger partial charge < -0.3 is 10.1 Å². The summed E-state index contributed by atoms with van der Waals surface area (Å²) in [6.07, 6.45) is 0.251. The molecular weight excluding hydrogens is 262 g/mol. The van der Waals surface area contributed by atoms with Gasteiger partial charge in [-0.05, 0) is 42.0 Å². The molecular formula is C14H15NO3S. The molecule has 2 aromatic rings. The molecule has 0 aliphatic rings. The monoisotopic (exact) mass is 277 g/mol. The van der Waals surface area contributed by atoms with Crippen molar-refractivity contribution in [2.24, 2.45) is 0 Å². The highest BCUT2D eigenvalue weighted by Crippen LogP contribution is 2.24. The first kappa shape index (κ1) is 13.5. The molecule has 0 saturated heterocycles. The van der Waals surface area contributed by atoms with E-state index in [0.717, 1.165) is 11.1 Å². The van der Waals surface area contributed by atoms with Crippen LogP contribution in [0.3, 0.4) is 0 Å². The van der Waals surface area contributed by atoms with Gasteiger partial charge in [0.2, 0.25) is 5.91 Å². The van der Waals surface area contributed by atoms with Gasteiger partial charge in [0.1, 0.15) is 0 Å². The minimum atomic E-state index is -0.342. The predicted octanol–water partition coefficient (Wildman–Crippen LogP) is 3.18. The first-order valence-corrected chi connectivity index (χ1v) is 6.99. The van der Waals surface area contributed by atoms with Gasteiger partial charge in [0, 0.05) is 16.8 Å². The third kappa shape index (κ3) is 3.79. The third-order valence-corrected chi connectivity index (χ3v) is 3.50. The van der Waals surface area contributed by atoms with Crippen LogP contribution in [-0.2, 0) is 14.3 Å². The van der Waals surface area contributed by atoms with Crippen LogP contribution in [0.5, 0.6) is 0 Å². The standard InChI is InChI=1S/C14H15NO3S/c1-2-18-14(17)6-5-13(16)15-11-3-4-12-10(9-11)7-8-19-12/h3-4,7-9H,2,5-6H2,1H3,(H,15,16). The maximum absolute atomic E-state index is 11.7. The Balaban J connectivity index is 1.89. The van der Waals surface area contributed by atoms with E-state index in [-0.39, 0.29) is 24.7 Å². The van der Waals surface area contributed by atoms with Gasteiger partial charge in [-0.15, -0.1) is 11.3 Å². The number of rotatable bonds is 5. The Bertz CT molecular complexity index is 591. The number of nitrogens with one attached hydrogen (secondary N) is 1. The van der Waals surface area contributed by atoms with Crippen molar-refractivity contribution in [3.05, 3.63) is 29.6 Å². The zero-order valence-electron chi connectivity index (χ0n) is 10.6. The molecule has 1 amide bonds. The summed E-state index contributed by atoms with van der Waals surface area (Å²) in [4.78, 5) is 22.8.